The van der Waals surface area contributed by atoms with Gasteiger partial charge in [0, 0.05) is 45.3 Å². The predicted octanol–water partition coefficient (Wildman–Crippen LogP) is 4.59. The quantitative estimate of drug-likeness (QED) is 0.415. The van der Waals surface area contributed by atoms with Gasteiger partial charge < -0.3 is 4.57 Å². The zero-order chi connectivity index (χ0) is 13.0. The largest absolute Gasteiger partial charge is 0.361 e. The smallest absolute Gasteiger partial charge is 0.0381 e. The van der Waals surface area contributed by atoms with Gasteiger partial charge in [0.2, 0.25) is 0 Å². The first kappa shape index (κ1) is 13.8. The second kappa shape index (κ2) is 4.98. The van der Waals surface area contributed by atoms with Gasteiger partial charge in [0.25, 0.3) is 0 Å². The first-order valence-electron chi connectivity index (χ1n) is 6.54. The number of hydrogen-bond donors (Lipinski definition) is 0. The van der Waals surface area contributed by atoms with Gasteiger partial charge >= 0.3 is 0 Å². The summed E-state index contributed by atoms with van der Waals surface area (Å²) < 4.78 is 2.29. The minimum absolute atomic E-state index is 0. The van der Waals surface area contributed by atoms with Crippen LogP contribution in [-0.4, -0.2) is 4.57 Å². The number of nitrogens with zero attached hydrogens (tertiary/aromatic N) is 1. The van der Waals surface area contributed by atoms with Crippen LogP contribution in [0.5, 0.6) is 0 Å². The van der Waals surface area contributed by atoms with Gasteiger partial charge in [0.15, 0.2) is 0 Å². The maximum Gasteiger partial charge on any atom is 0.0381 e. The van der Waals surface area contributed by atoms with Crippen LogP contribution in [-0.2, 0) is 39.8 Å². The summed E-state index contributed by atoms with van der Waals surface area (Å²) in [6, 6.07) is 20.7. The van der Waals surface area contributed by atoms with Crippen LogP contribution in [0.4, 0.5) is 0 Å². The molecule has 0 aliphatic carbocycles. The summed E-state index contributed by atoms with van der Waals surface area (Å²) in [5, 5.41) is 5.06. The Bertz CT molecular complexity index is 934. The zero-order valence-corrected chi connectivity index (χ0v) is 14.5. The van der Waals surface area contributed by atoms with E-state index in [1.807, 2.05) is 0 Å². The average molecular weight is 333 g/mol. The summed E-state index contributed by atoms with van der Waals surface area (Å²) >= 11 is 0. The molecule has 4 aromatic rings. The van der Waals surface area contributed by atoms with Crippen molar-refractivity contribution in [3.8, 4) is 0 Å². The van der Waals surface area contributed by atoms with Gasteiger partial charge in [0.05, 0.1) is 0 Å². The number of fused-ring (bicyclic) bond motifs is 5. The molecule has 0 spiro atoms. The Labute approximate surface area is 143 Å². The monoisotopic (exact) mass is 333 g/mol. The van der Waals surface area contributed by atoms with E-state index in [9.17, 15) is 0 Å². The fourth-order valence-electron chi connectivity index (χ4n) is 3.03. The van der Waals surface area contributed by atoms with Crippen LogP contribution in [0.2, 0.25) is 0 Å². The van der Waals surface area contributed by atoms with Crippen molar-refractivity contribution >= 4 is 32.6 Å². The van der Waals surface area contributed by atoms with Crippen molar-refractivity contribution in [1.82, 2.24) is 4.57 Å². The van der Waals surface area contributed by atoms with Crippen molar-refractivity contribution in [2.45, 2.75) is 6.92 Å². The molecule has 0 aliphatic rings. The molecule has 1 nitrogen and oxygen atoms in total. The van der Waals surface area contributed by atoms with Crippen LogP contribution in [0, 0.1) is 13.0 Å². The van der Waals surface area contributed by atoms with Crippen molar-refractivity contribution in [1.29, 1.82) is 0 Å². The van der Waals surface area contributed by atoms with Gasteiger partial charge in [-0.15, -0.1) is 23.6 Å². The molecule has 1 radical (unpaired) electrons. The Balaban J connectivity index is 0.00000121. The third-order valence-corrected chi connectivity index (χ3v) is 3.95. The molecule has 0 N–H and O–H groups in total. The van der Waals surface area contributed by atoms with Crippen LogP contribution in [0.15, 0.2) is 48.5 Å². The molecule has 0 aliphatic heterocycles. The number of rotatable bonds is 0. The van der Waals surface area contributed by atoms with E-state index in [2.05, 4.69) is 73.1 Å². The number of aromatic nitrogens is 1. The second-order valence-electron chi connectivity index (χ2n) is 5.18. The van der Waals surface area contributed by atoms with Gasteiger partial charge in [-0.1, -0.05) is 46.7 Å². The van der Waals surface area contributed by atoms with Gasteiger partial charge in [-0.2, -0.15) is 0 Å². The molecule has 3 aromatic carbocycles. The van der Waals surface area contributed by atoms with E-state index >= 15 is 0 Å². The van der Waals surface area contributed by atoms with E-state index in [-0.39, 0.29) is 32.7 Å². The van der Waals surface area contributed by atoms with Gasteiger partial charge in [-0.3, -0.25) is 0 Å². The molecular formula is C18H14NY-. The van der Waals surface area contributed by atoms with Crippen molar-refractivity contribution in [2.75, 3.05) is 0 Å². The first-order chi connectivity index (χ1) is 9.25. The van der Waals surface area contributed by atoms with Gasteiger partial charge in [0.1, 0.15) is 0 Å². The predicted molar refractivity (Wildman–Crippen MR) is 81.5 cm³/mol. The Morgan fingerprint density at radius 1 is 0.950 bits per heavy atom. The van der Waals surface area contributed by atoms with Crippen molar-refractivity contribution in [3.63, 3.8) is 0 Å². The molecule has 0 amide bonds. The molecule has 0 saturated heterocycles. The molecule has 20 heavy (non-hydrogen) atoms. The molecule has 0 unspecified atom stereocenters. The molecule has 95 valence electrons. The van der Waals surface area contributed by atoms with Crippen LogP contribution in [0.1, 0.15) is 5.56 Å². The average Bonchev–Trinajstić information content (AvgIpc) is 2.73. The first-order valence-corrected chi connectivity index (χ1v) is 6.54. The minimum atomic E-state index is 0. The Morgan fingerprint density at radius 2 is 1.75 bits per heavy atom. The van der Waals surface area contributed by atoms with E-state index in [1.54, 1.807) is 0 Å². The molecular weight excluding hydrogens is 319 g/mol. The summed E-state index contributed by atoms with van der Waals surface area (Å²) in [5.74, 6) is 0. The molecule has 1 heterocycles. The number of benzene rings is 3. The van der Waals surface area contributed by atoms with E-state index in [1.165, 1.54) is 38.1 Å². The van der Waals surface area contributed by atoms with Gasteiger partial charge in [-0.05, 0) is 23.9 Å². The van der Waals surface area contributed by atoms with E-state index in [0.29, 0.717) is 0 Å². The normalized spacial score (nSPS) is 11.1. The van der Waals surface area contributed by atoms with Crippen molar-refractivity contribution in [3.05, 3.63) is 60.2 Å². The summed E-state index contributed by atoms with van der Waals surface area (Å²) in [6.45, 7) is 2.12. The van der Waals surface area contributed by atoms with Crippen LogP contribution in [0.3, 0.4) is 0 Å². The summed E-state index contributed by atoms with van der Waals surface area (Å²) in [6.07, 6.45) is 0. The number of hydrogen-bond acceptors (Lipinski definition) is 0. The Hall–Kier alpha value is -1.18. The number of para-hydroxylation sites is 1. The van der Waals surface area contributed by atoms with E-state index in [4.69, 9.17) is 0 Å². The molecule has 2 heteroatoms. The van der Waals surface area contributed by atoms with Crippen molar-refractivity contribution in [2.24, 2.45) is 7.05 Å². The standard InChI is InChI=1S/C18H14N.Y/c1-12-7-9-14-13(11-12)8-10-16-15-5-3-4-6-17(15)19(2)18(14)16;/h3-7,9-11H,1-2H3;/q-1;. The van der Waals surface area contributed by atoms with Crippen LogP contribution in [0.25, 0.3) is 32.6 Å². The fourth-order valence-corrected chi connectivity index (χ4v) is 3.03. The topological polar surface area (TPSA) is 4.93 Å². The molecule has 4 rings (SSSR count). The van der Waals surface area contributed by atoms with E-state index in [0.717, 1.165) is 0 Å². The summed E-state index contributed by atoms with van der Waals surface area (Å²) in [5.41, 5.74) is 3.86. The zero-order valence-electron chi connectivity index (χ0n) is 11.6. The summed E-state index contributed by atoms with van der Waals surface area (Å²) in [7, 11) is 2.14. The van der Waals surface area contributed by atoms with Gasteiger partial charge in [-0.25, -0.2) is 0 Å². The van der Waals surface area contributed by atoms with Crippen molar-refractivity contribution < 1.29 is 32.7 Å². The molecule has 0 saturated carbocycles. The molecule has 0 atom stereocenters. The van der Waals surface area contributed by atoms with E-state index < -0.39 is 0 Å². The molecule has 1 aromatic heterocycles. The van der Waals surface area contributed by atoms with Crippen LogP contribution >= 0.6 is 0 Å². The maximum atomic E-state index is 3.43. The molecule has 0 bridgehead atoms. The molecule has 0 fully saturated rings. The third-order valence-electron chi connectivity index (χ3n) is 3.95. The minimum Gasteiger partial charge on any atom is -0.361 e. The number of aryl methyl sites for hydroxylation is 2. The fraction of sp³-hybridized carbons (Fsp3) is 0.111. The Morgan fingerprint density at radius 3 is 2.60 bits per heavy atom. The third kappa shape index (κ3) is 1.84. The Kier molecular flexibility index (Phi) is 3.43. The SMILES string of the molecule is Cc1ccc2c([c-]cc3c4ccccc4n(C)c23)c1.[Y]. The summed E-state index contributed by atoms with van der Waals surface area (Å²) in [4.78, 5) is 0. The maximum absolute atomic E-state index is 3.43. The van der Waals surface area contributed by atoms with Crippen LogP contribution < -0.4 is 0 Å². The second-order valence-corrected chi connectivity index (χ2v) is 5.18.